The van der Waals surface area contributed by atoms with Crippen molar-refractivity contribution in [2.24, 2.45) is 0 Å². The van der Waals surface area contributed by atoms with Gasteiger partial charge in [-0.2, -0.15) is 0 Å². The van der Waals surface area contributed by atoms with Crippen molar-refractivity contribution >= 4 is 45.0 Å². The Labute approximate surface area is 45.5 Å². The molecule has 0 aliphatic rings. The minimum absolute atomic E-state index is 0. The molecule has 4 heavy (non-hydrogen) atoms. The molecule has 0 saturated carbocycles. The van der Waals surface area contributed by atoms with E-state index in [1.165, 1.54) is 0 Å². The Morgan fingerprint density at radius 1 is 0.500 bits per heavy atom. The average Bonchev–Trinajstić information content (AvgIpc) is 0. The molecule has 0 spiro atoms. The average molecular weight is 114 g/mol. The van der Waals surface area contributed by atoms with E-state index in [2.05, 4.69) is 0 Å². The molecule has 0 bridgehead atoms. The summed E-state index contributed by atoms with van der Waals surface area (Å²) in [6.45, 7) is 0. The van der Waals surface area contributed by atoms with E-state index in [0.717, 1.165) is 0 Å². The molecular formula is H12B3Ga. The van der Waals surface area contributed by atoms with Crippen molar-refractivity contribution < 1.29 is 0 Å². The van der Waals surface area contributed by atoms with Crippen LogP contribution in [0.25, 0.3) is 0 Å². The zero-order valence-electron chi connectivity index (χ0n) is 0.577. The van der Waals surface area contributed by atoms with Crippen molar-refractivity contribution in [2.75, 3.05) is 0 Å². The van der Waals surface area contributed by atoms with Gasteiger partial charge in [0.15, 0.2) is 0 Å². The van der Waals surface area contributed by atoms with E-state index < -0.39 is 0 Å². The molecule has 0 nitrogen and oxygen atoms in total. The Hall–Kier alpha value is 0.831. The van der Waals surface area contributed by atoms with Gasteiger partial charge in [-0.1, -0.05) is 25.2 Å². The van der Waals surface area contributed by atoms with Crippen molar-refractivity contribution in [1.29, 1.82) is 0 Å². The standard InChI is InChI=1S/3BH4.Ga/h3*1H4;/q3*-1;+3. The van der Waals surface area contributed by atoms with Crippen molar-refractivity contribution in [3.05, 3.63) is 0 Å². The minimum atomic E-state index is 0. The molecule has 0 saturated heterocycles. The van der Waals surface area contributed by atoms with E-state index in [9.17, 15) is 0 Å². The predicted octanol–water partition coefficient (Wildman–Crippen LogP) is -4.74. The van der Waals surface area contributed by atoms with Crippen LogP contribution in [-0.2, 0) is 0 Å². The summed E-state index contributed by atoms with van der Waals surface area (Å²) in [4.78, 5) is 0. The van der Waals surface area contributed by atoms with Crippen LogP contribution in [0.15, 0.2) is 0 Å². The second-order valence-electron chi connectivity index (χ2n) is 0. The number of hydrogen-bond donors (Lipinski definition) is 0. The fourth-order valence-electron chi connectivity index (χ4n) is 0. The normalized spacial score (nSPS) is 0. The molecule has 0 aromatic rings. The zero-order chi connectivity index (χ0) is 0. The summed E-state index contributed by atoms with van der Waals surface area (Å²) >= 11 is 0. The largest absolute Gasteiger partial charge is 3.00 e. The second kappa shape index (κ2) is 44.5. The van der Waals surface area contributed by atoms with Crippen molar-refractivity contribution in [3.63, 3.8) is 0 Å². The predicted molar refractivity (Wildman–Crippen MR) is 39.8 cm³/mol. The number of rotatable bonds is 0. The molecule has 24 valence electrons. The Bertz CT molecular complexity index is 3.25. The van der Waals surface area contributed by atoms with Crippen LogP contribution in [0.5, 0.6) is 0 Å². The van der Waals surface area contributed by atoms with Gasteiger partial charge >= 0.3 is 19.8 Å². The Kier molecular flexibility index (Phi) is 1140. The van der Waals surface area contributed by atoms with Crippen LogP contribution in [0, 0.1) is 0 Å². The first kappa shape index (κ1) is 103. The maximum Gasteiger partial charge on any atom is 3.00 e. The van der Waals surface area contributed by atoms with Crippen LogP contribution in [0.3, 0.4) is 0 Å². The van der Waals surface area contributed by atoms with Crippen molar-refractivity contribution in [2.45, 2.75) is 0 Å². The fraction of sp³-hybridized carbons (Fsp3) is 0. The van der Waals surface area contributed by atoms with E-state index in [0.29, 0.717) is 0 Å². The van der Waals surface area contributed by atoms with Gasteiger partial charge in [0.05, 0.1) is 0 Å². The summed E-state index contributed by atoms with van der Waals surface area (Å²) in [6, 6.07) is 0. The zero-order valence-corrected chi connectivity index (χ0v) is 3.00. The summed E-state index contributed by atoms with van der Waals surface area (Å²) < 4.78 is 0. The quantitative estimate of drug-likeness (QED) is 0.278. The molecule has 0 radical (unpaired) electrons. The fourth-order valence-corrected chi connectivity index (χ4v) is 0. The van der Waals surface area contributed by atoms with Crippen molar-refractivity contribution in [3.8, 4) is 0 Å². The van der Waals surface area contributed by atoms with Gasteiger partial charge in [0.25, 0.3) is 0 Å². The summed E-state index contributed by atoms with van der Waals surface area (Å²) in [7, 11) is 0. The van der Waals surface area contributed by atoms with E-state index in [1.54, 1.807) is 0 Å². The molecule has 0 aromatic carbocycles. The molecule has 4 heteroatoms. The third-order valence-electron chi connectivity index (χ3n) is 0. The van der Waals surface area contributed by atoms with Crippen LogP contribution in [-0.4, -0.2) is 45.0 Å². The van der Waals surface area contributed by atoms with Gasteiger partial charge in [-0.15, -0.1) is 0 Å². The summed E-state index contributed by atoms with van der Waals surface area (Å²) in [5.74, 6) is 0. The molecular weight excluding hydrogens is 102 g/mol. The van der Waals surface area contributed by atoms with Crippen molar-refractivity contribution in [1.82, 2.24) is 0 Å². The Morgan fingerprint density at radius 3 is 0.500 bits per heavy atom. The molecule has 0 unspecified atom stereocenters. The van der Waals surface area contributed by atoms with Crippen LogP contribution in [0.2, 0.25) is 0 Å². The topological polar surface area (TPSA) is 0 Å². The molecule has 0 fully saturated rings. The molecule has 0 N–H and O–H groups in total. The van der Waals surface area contributed by atoms with E-state index in [4.69, 9.17) is 0 Å². The van der Waals surface area contributed by atoms with E-state index >= 15 is 0 Å². The van der Waals surface area contributed by atoms with Crippen LogP contribution < -0.4 is 0 Å². The van der Waals surface area contributed by atoms with Gasteiger partial charge in [-0.05, 0) is 0 Å². The SMILES string of the molecule is [BH4-].[BH4-].[BH4-].[Ga+3]. The van der Waals surface area contributed by atoms with Gasteiger partial charge in [0.1, 0.15) is 0 Å². The molecule has 0 aliphatic carbocycles. The van der Waals surface area contributed by atoms with Gasteiger partial charge in [-0.25, -0.2) is 0 Å². The molecule has 0 amide bonds. The van der Waals surface area contributed by atoms with Gasteiger partial charge in [-0.3, -0.25) is 0 Å². The first-order valence-corrected chi connectivity index (χ1v) is 0. The summed E-state index contributed by atoms with van der Waals surface area (Å²) in [5, 5.41) is 0. The smallest absolute Gasteiger partial charge is 0.0626 e. The molecule has 0 rings (SSSR count). The summed E-state index contributed by atoms with van der Waals surface area (Å²) in [6.07, 6.45) is 0. The molecule has 0 aliphatic heterocycles. The van der Waals surface area contributed by atoms with Gasteiger partial charge in [0.2, 0.25) is 0 Å². The Balaban J connectivity index is 0. The van der Waals surface area contributed by atoms with Crippen LogP contribution in [0.4, 0.5) is 0 Å². The van der Waals surface area contributed by atoms with Gasteiger partial charge in [0, 0.05) is 0 Å². The summed E-state index contributed by atoms with van der Waals surface area (Å²) in [5.41, 5.74) is 0. The van der Waals surface area contributed by atoms with Crippen LogP contribution >= 0.6 is 0 Å². The maximum atomic E-state index is 0. The third-order valence-corrected chi connectivity index (χ3v) is 0. The van der Waals surface area contributed by atoms with E-state index in [-0.39, 0.29) is 45.0 Å². The number of hydrogen-bond acceptors (Lipinski definition) is 0. The Morgan fingerprint density at radius 2 is 0.500 bits per heavy atom. The first-order chi connectivity index (χ1) is 0. The van der Waals surface area contributed by atoms with E-state index in [1.807, 2.05) is 0 Å². The monoisotopic (exact) mass is 114 g/mol. The second-order valence-corrected chi connectivity index (χ2v) is 0. The molecule has 0 atom stereocenters. The minimum Gasteiger partial charge on any atom is -0.0626 e. The maximum absolute atomic E-state index is 0. The third kappa shape index (κ3) is 13.7. The first-order valence-electron chi connectivity index (χ1n) is 0. The van der Waals surface area contributed by atoms with Gasteiger partial charge < -0.3 is 0 Å². The van der Waals surface area contributed by atoms with Crippen LogP contribution in [0.1, 0.15) is 0 Å². The molecule has 0 heterocycles. The molecule has 0 aromatic heterocycles.